The molecule has 1 aromatic heterocycles. The molecule has 7 nitrogen and oxygen atoms in total. The van der Waals surface area contributed by atoms with Gasteiger partial charge < -0.3 is 14.7 Å². The summed E-state index contributed by atoms with van der Waals surface area (Å²) < 4.78 is 7.78. The molecule has 1 heterocycles. The minimum atomic E-state index is -0.852. The number of aryl methyl sites for hydroxylation is 1. The van der Waals surface area contributed by atoms with Crippen LogP contribution in [0.5, 0.6) is 5.75 Å². The second-order valence-electron chi connectivity index (χ2n) is 6.98. The lowest BCUT2D eigenvalue weighted by molar-refractivity contribution is -0.136. The van der Waals surface area contributed by atoms with Crippen LogP contribution in [0.2, 0.25) is 0 Å². The highest BCUT2D eigenvalue weighted by Gasteiger charge is 2.12. The molecule has 0 aliphatic carbocycles. The van der Waals surface area contributed by atoms with Crippen molar-refractivity contribution in [1.82, 2.24) is 14.7 Å². The first-order valence-corrected chi connectivity index (χ1v) is 9.77. The third kappa shape index (κ3) is 5.94. The Bertz CT molecular complexity index is 971. The summed E-state index contributed by atoms with van der Waals surface area (Å²) in [6, 6.07) is 16.7. The van der Waals surface area contributed by atoms with Gasteiger partial charge in [0.2, 0.25) is 0 Å². The van der Waals surface area contributed by atoms with E-state index in [1.807, 2.05) is 53.3 Å². The second-order valence-corrected chi connectivity index (χ2v) is 6.98. The Morgan fingerprint density at radius 1 is 1.13 bits per heavy atom. The van der Waals surface area contributed by atoms with E-state index in [1.165, 1.54) is 0 Å². The Labute approximate surface area is 175 Å². The number of likely N-dealkylation sites (N-methyl/N-ethyl adjacent to an activating group) is 1. The van der Waals surface area contributed by atoms with Gasteiger partial charge >= 0.3 is 5.97 Å². The fraction of sp³-hybridized carbons (Fsp3) is 0.261. The fourth-order valence-corrected chi connectivity index (χ4v) is 3.06. The molecule has 7 heteroatoms. The molecule has 0 saturated heterocycles. The van der Waals surface area contributed by atoms with Crippen molar-refractivity contribution in [3.05, 3.63) is 83.7 Å². The van der Waals surface area contributed by atoms with Crippen LogP contribution < -0.4 is 4.74 Å². The maximum Gasteiger partial charge on any atom is 0.303 e. The van der Waals surface area contributed by atoms with Crippen LogP contribution in [-0.2, 0) is 17.8 Å². The summed E-state index contributed by atoms with van der Waals surface area (Å²) in [5.41, 5.74) is 2.46. The van der Waals surface area contributed by atoms with E-state index in [0.717, 1.165) is 11.1 Å². The standard InChI is InChI=1S/C23H25N3O4/c1-25(23(29)20-6-3-2-4-7-20)14-15-30-21-16-18(17-26-13-5-12-24-26)8-9-19(21)10-11-22(27)28/h2-9,12-13,16H,10-11,14-15,17H2,1H3,(H,27,28). The van der Waals surface area contributed by atoms with Crippen molar-refractivity contribution in [1.29, 1.82) is 0 Å². The lowest BCUT2D eigenvalue weighted by atomic mass is 10.1. The van der Waals surface area contributed by atoms with Crippen molar-refractivity contribution in [2.24, 2.45) is 0 Å². The van der Waals surface area contributed by atoms with Crippen LogP contribution in [0.3, 0.4) is 0 Å². The minimum absolute atomic E-state index is 0.0290. The van der Waals surface area contributed by atoms with Crippen LogP contribution in [0.1, 0.15) is 27.9 Å². The smallest absolute Gasteiger partial charge is 0.303 e. The average molecular weight is 407 g/mol. The molecule has 0 saturated carbocycles. The Morgan fingerprint density at radius 3 is 2.63 bits per heavy atom. The van der Waals surface area contributed by atoms with Gasteiger partial charge in [0.15, 0.2) is 0 Å². The van der Waals surface area contributed by atoms with E-state index in [9.17, 15) is 9.59 Å². The molecule has 1 N–H and O–H groups in total. The normalized spacial score (nSPS) is 10.6. The molecule has 0 radical (unpaired) electrons. The zero-order valence-electron chi connectivity index (χ0n) is 16.9. The number of amides is 1. The van der Waals surface area contributed by atoms with Crippen molar-refractivity contribution in [2.75, 3.05) is 20.2 Å². The van der Waals surface area contributed by atoms with Crippen molar-refractivity contribution in [3.8, 4) is 5.75 Å². The third-order valence-electron chi connectivity index (χ3n) is 4.70. The largest absolute Gasteiger partial charge is 0.491 e. The number of ether oxygens (including phenoxy) is 1. The molecule has 0 spiro atoms. The maximum absolute atomic E-state index is 12.5. The highest BCUT2D eigenvalue weighted by molar-refractivity contribution is 5.93. The van der Waals surface area contributed by atoms with Gasteiger partial charge in [0.05, 0.1) is 13.1 Å². The van der Waals surface area contributed by atoms with Crippen LogP contribution in [0, 0.1) is 0 Å². The number of carbonyl (C=O) groups excluding carboxylic acids is 1. The van der Waals surface area contributed by atoms with Crippen molar-refractivity contribution in [2.45, 2.75) is 19.4 Å². The number of aromatic nitrogens is 2. The molecule has 156 valence electrons. The van der Waals surface area contributed by atoms with Gasteiger partial charge in [-0.2, -0.15) is 5.10 Å². The number of carbonyl (C=O) groups is 2. The summed E-state index contributed by atoms with van der Waals surface area (Å²) in [4.78, 5) is 25.0. The highest BCUT2D eigenvalue weighted by atomic mass is 16.5. The summed E-state index contributed by atoms with van der Waals surface area (Å²) in [7, 11) is 1.73. The summed E-state index contributed by atoms with van der Waals surface area (Å²) >= 11 is 0. The van der Waals surface area contributed by atoms with E-state index in [4.69, 9.17) is 9.84 Å². The number of carboxylic acids is 1. The Balaban J connectivity index is 1.65. The molecular formula is C23H25N3O4. The first kappa shape index (κ1) is 21.1. The van der Waals surface area contributed by atoms with Gasteiger partial charge in [-0.05, 0) is 41.8 Å². The molecule has 0 aliphatic heterocycles. The fourth-order valence-electron chi connectivity index (χ4n) is 3.06. The molecule has 0 fully saturated rings. The molecule has 2 aromatic carbocycles. The van der Waals surface area contributed by atoms with Crippen LogP contribution >= 0.6 is 0 Å². The van der Waals surface area contributed by atoms with Gasteiger partial charge in [-0.1, -0.05) is 30.3 Å². The van der Waals surface area contributed by atoms with Crippen LogP contribution in [0.15, 0.2) is 67.0 Å². The second kappa shape index (κ2) is 10.2. The topological polar surface area (TPSA) is 84.7 Å². The lowest BCUT2D eigenvalue weighted by Crippen LogP contribution is -2.30. The first-order chi connectivity index (χ1) is 14.5. The van der Waals surface area contributed by atoms with Crippen molar-refractivity contribution < 1.29 is 19.4 Å². The van der Waals surface area contributed by atoms with Crippen LogP contribution in [0.25, 0.3) is 0 Å². The molecule has 1 amide bonds. The number of aliphatic carboxylic acids is 1. The van der Waals surface area contributed by atoms with Gasteiger partial charge in [-0.15, -0.1) is 0 Å². The summed E-state index contributed by atoms with van der Waals surface area (Å²) in [6.45, 7) is 1.31. The van der Waals surface area contributed by atoms with Gasteiger partial charge in [0.25, 0.3) is 5.91 Å². The van der Waals surface area contributed by atoms with E-state index >= 15 is 0 Å². The third-order valence-corrected chi connectivity index (χ3v) is 4.70. The maximum atomic E-state index is 12.5. The van der Waals surface area contributed by atoms with Gasteiger partial charge in [0.1, 0.15) is 12.4 Å². The van der Waals surface area contributed by atoms with E-state index in [2.05, 4.69) is 5.10 Å². The summed E-state index contributed by atoms with van der Waals surface area (Å²) in [5, 5.41) is 13.2. The van der Waals surface area contributed by atoms with E-state index in [0.29, 0.717) is 37.4 Å². The molecule has 30 heavy (non-hydrogen) atoms. The molecule has 0 bridgehead atoms. The highest BCUT2D eigenvalue weighted by Crippen LogP contribution is 2.23. The number of benzene rings is 2. The van der Waals surface area contributed by atoms with Crippen LogP contribution in [-0.4, -0.2) is 51.9 Å². The lowest BCUT2D eigenvalue weighted by Gasteiger charge is -2.19. The van der Waals surface area contributed by atoms with E-state index in [1.54, 1.807) is 30.3 Å². The minimum Gasteiger partial charge on any atom is -0.491 e. The van der Waals surface area contributed by atoms with E-state index < -0.39 is 5.97 Å². The zero-order valence-corrected chi connectivity index (χ0v) is 16.9. The Morgan fingerprint density at radius 2 is 1.93 bits per heavy atom. The van der Waals surface area contributed by atoms with Gasteiger partial charge in [-0.3, -0.25) is 14.3 Å². The average Bonchev–Trinajstić information content (AvgIpc) is 3.26. The van der Waals surface area contributed by atoms with Crippen molar-refractivity contribution >= 4 is 11.9 Å². The predicted octanol–water partition coefficient (Wildman–Crippen LogP) is 3.10. The van der Waals surface area contributed by atoms with Crippen LogP contribution in [0.4, 0.5) is 0 Å². The number of hydrogen-bond donors (Lipinski definition) is 1. The predicted molar refractivity (Wildman–Crippen MR) is 113 cm³/mol. The molecule has 0 unspecified atom stereocenters. The molecule has 0 atom stereocenters. The number of hydrogen-bond acceptors (Lipinski definition) is 4. The molecule has 0 aliphatic rings. The number of carboxylic acid groups (broad SMARTS) is 1. The number of nitrogens with zero attached hydrogens (tertiary/aromatic N) is 3. The Hall–Kier alpha value is -3.61. The summed E-state index contributed by atoms with van der Waals surface area (Å²) in [6.07, 6.45) is 4.01. The monoisotopic (exact) mass is 407 g/mol. The number of rotatable bonds is 10. The van der Waals surface area contributed by atoms with Crippen molar-refractivity contribution in [3.63, 3.8) is 0 Å². The SMILES string of the molecule is CN(CCOc1cc(Cn2cccn2)ccc1CCC(=O)O)C(=O)c1ccccc1. The molecule has 3 rings (SSSR count). The van der Waals surface area contributed by atoms with Gasteiger partial charge in [0, 0.05) is 31.4 Å². The quantitative estimate of drug-likeness (QED) is 0.558. The molecule has 3 aromatic rings. The first-order valence-electron chi connectivity index (χ1n) is 9.77. The van der Waals surface area contributed by atoms with Gasteiger partial charge in [-0.25, -0.2) is 0 Å². The molecular weight excluding hydrogens is 382 g/mol. The van der Waals surface area contributed by atoms with E-state index in [-0.39, 0.29) is 12.3 Å². The Kier molecular flexibility index (Phi) is 7.21. The zero-order chi connectivity index (χ0) is 21.3. The summed E-state index contributed by atoms with van der Waals surface area (Å²) in [5.74, 6) is -0.283.